The van der Waals surface area contributed by atoms with E-state index < -0.39 is 0 Å². The highest BCUT2D eigenvalue weighted by Gasteiger charge is 2.24. The third-order valence-electron chi connectivity index (χ3n) is 4.23. The minimum Gasteiger partial charge on any atom is -0.368 e. The number of carbonyl (C=O) groups excluding carboxylic acids is 2. The minimum atomic E-state index is -0.0408. The lowest BCUT2D eigenvalue weighted by Gasteiger charge is -2.20. The number of nitrogens with zero attached hydrogens (tertiary/aromatic N) is 3. The highest BCUT2D eigenvalue weighted by molar-refractivity contribution is 5.84. The van der Waals surface area contributed by atoms with E-state index in [4.69, 9.17) is 0 Å². The third kappa shape index (κ3) is 5.23. The predicted octanol–water partition coefficient (Wildman–Crippen LogP) is 1.90. The van der Waals surface area contributed by atoms with Crippen LogP contribution in [0.25, 0.3) is 0 Å². The fraction of sp³-hybridized carbons (Fsp3) is 0.389. The summed E-state index contributed by atoms with van der Waals surface area (Å²) < 4.78 is 0. The lowest BCUT2D eigenvalue weighted by Crippen LogP contribution is -2.36. The Balaban J connectivity index is 1.41. The molecule has 0 atom stereocenters. The van der Waals surface area contributed by atoms with Gasteiger partial charge >= 0.3 is 0 Å². The van der Waals surface area contributed by atoms with Crippen LogP contribution in [0.15, 0.2) is 36.8 Å². The number of rotatable bonds is 7. The van der Waals surface area contributed by atoms with Crippen LogP contribution >= 0.6 is 0 Å². The topological polar surface area (TPSA) is 109 Å². The van der Waals surface area contributed by atoms with Gasteiger partial charge in [-0.05, 0) is 25.0 Å². The third-order valence-corrected chi connectivity index (χ3v) is 4.23. The molecular formula is C18H22N6O2. The van der Waals surface area contributed by atoms with Gasteiger partial charge in [0.1, 0.15) is 29.6 Å². The van der Waals surface area contributed by atoms with Crippen LogP contribution in [-0.4, -0.2) is 39.7 Å². The number of aromatic nitrogens is 3. The van der Waals surface area contributed by atoms with E-state index in [9.17, 15) is 9.59 Å². The van der Waals surface area contributed by atoms with E-state index >= 15 is 0 Å². The predicted molar refractivity (Wildman–Crippen MR) is 98.0 cm³/mol. The molecule has 1 saturated carbocycles. The van der Waals surface area contributed by atoms with Gasteiger partial charge in [0.15, 0.2) is 0 Å². The Bertz CT molecular complexity index is 742. The maximum absolute atomic E-state index is 12.1. The van der Waals surface area contributed by atoms with Crippen molar-refractivity contribution in [2.24, 2.45) is 5.92 Å². The quantitative estimate of drug-likeness (QED) is 0.652. The van der Waals surface area contributed by atoms with Gasteiger partial charge < -0.3 is 16.0 Å². The van der Waals surface area contributed by atoms with Crippen molar-refractivity contribution < 1.29 is 9.59 Å². The van der Waals surface area contributed by atoms with E-state index in [-0.39, 0.29) is 17.6 Å². The number of anilines is 3. The minimum absolute atomic E-state index is 0.0273. The molecule has 136 valence electrons. The van der Waals surface area contributed by atoms with Crippen LogP contribution in [0.4, 0.5) is 17.5 Å². The van der Waals surface area contributed by atoms with Gasteiger partial charge in [0.25, 0.3) is 0 Å². The Morgan fingerprint density at radius 1 is 1.04 bits per heavy atom. The van der Waals surface area contributed by atoms with Crippen molar-refractivity contribution in [3.8, 4) is 0 Å². The van der Waals surface area contributed by atoms with E-state index in [1.165, 1.54) is 6.33 Å². The monoisotopic (exact) mass is 354 g/mol. The van der Waals surface area contributed by atoms with Crippen molar-refractivity contribution in [1.82, 2.24) is 20.3 Å². The second kappa shape index (κ2) is 8.89. The van der Waals surface area contributed by atoms with Crippen LogP contribution in [0.1, 0.15) is 25.7 Å². The van der Waals surface area contributed by atoms with Gasteiger partial charge in [0, 0.05) is 44.1 Å². The molecule has 0 radical (unpaired) electrons. The number of ketones is 1. The second-order valence-electron chi connectivity index (χ2n) is 6.16. The fourth-order valence-corrected chi connectivity index (χ4v) is 2.81. The highest BCUT2D eigenvalue weighted by atomic mass is 16.2. The number of hydrogen-bond donors (Lipinski definition) is 3. The molecule has 0 bridgehead atoms. The number of Topliss-reactive ketones (excluding diaryl/α,β-unsaturated/α-hetero) is 1. The van der Waals surface area contributed by atoms with Crippen molar-refractivity contribution in [1.29, 1.82) is 0 Å². The number of carbonyl (C=O) groups is 2. The van der Waals surface area contributed by atoms with Crippen LogP contribution in [0.5, 0.6) is 0 Å². The molecule has 8 nitrogen and oxygen atoms in total. The molecule has 2 aromatic rings. The largest absolute Gasteiger partial charge is 0.368 e. The van der Waals surface area contributed by atoms with Gasteiger partial charge in [0.05, 0.1) is 0 Å². The Labute approximate surface area is 151 Å². The summed E-state index contributed by atoms with van der Waals surface area (Å²) in [4.78, 5) is 35.8. The van der Waals surface area contributed by atoms with Crippen LogP contribution in [0, 0.1) is 5.92 Å². The van der Waals surface area contributed by atoms with Crippen molar-refractivity contribution in [3.05, 3.63) is 36.8 Å². The average Bonchev–Trinajstić information content (AvgIpc) is 2.67. The summed E-state index contributed by atoms with van der Waals surface area (Å²) >= 11 is 0. The van der Waals surface area contributed by atoms with Gasteiger partial charge in [-0.25, -0.2) is 15.0 Å². The molecule has 1 amide bonds. The zero-order valence-electron chi connectivity index (χ0n) is 14.4. The zero-order valence-corrected chi connectivity index (χ0v) is 14.4. The molecule has 8 heteroatoms. The maximum atomic E-state index is 12.1. The summed E-state index contributed by atoms with van der Waals surface area (Å²) in [5, 5.41) is 9.17. The first-order valence-electron chi connectivity index (χ1n) is 8.74. The molecule has 1 aliphatic carbocycles. The summed E-state index contributed by atoms with van der Waals surface area (Å²) in [5.41, 5.74) is 0. The molecule has 1 aliphatic rings. The maximum Gasteiger partial charge on any atom is 0.223 e. The first-order chi connectivity index (χ1) is 12.7. The lowest BCUT2D eigenvalue weighted by atomic mass is 9.88. The van der Waals surface area contributed by atoms with E-state index in [0.717, 1.165) is 0 Å². The Morgan fingerprint density at radius 2 is 1.85 bits per heavy atom. The molecule has 0 saturated heterocycles. The first kappa shape index (κ1) is 17.8. The standard InChI is InChI=1S/C18H22N6O2/c25-14-6-4-13(5-7-14)18(26)21-10-9-20-16-11-17(23-12-22-16)24-15-3-1-2-8-19-15/h1-3,8,11-13H,4-7,9-10H2,(H,21,26)(H2,19,20,22,23,24). The van der Waals surface area contributed by atoms with E-state index in [2.05, 4.69) is 30.9 Å². The summed E-state index contributed by atoms with van der Waals surface area (Å²) in [6, 6.07) is 7.37. The van der Waals surface area contributed by atoms with Crippen molar-refractivity contribution >= 4 is 29.1 Å². The van der Waals surface area contributed by atoms with Gasteiger partial charge in [0.2, 0.25) is 5.91 Å². The average molecular weight is 354 g/mol. The zero-order chi connectivity index (χ0) is 18.2. The second-order valence-corrected chi connectivity index (χ2v) is 6.16. The summed E-state index contributed by atoms with van der Waals surface area (Å²) in [5.74, 6) is 2.25. The van der Waals surface area contributed by atoms with Crippen molar-refractivity contribution in [2.45, 2.75) is 25.7 Å². The van der Waals surface area contributed by atoms with Crippen molar-refractivity contribution in [3.63, 3.8) is 0 Å². The van der Waals surface area contributed by atoms with Gasteiger partial charge in [-0.15, -0.1) is 0 Å². The van der Waals surface area contributed by atoms with Crippen molar-refractivity contribution in [2.75, 3.05) is 23.7 Å². The molecule has 1 fully saturated rings. The highest BCUT2D eigenvalue weighted by Crippen LogP contribution is 2.21. The number of nitrogens with one attached hydrogen (secondary N) is 3. The normalized spacial score (nSPS) is 14.7. The number of pyridine rings is 1. The van der Waals surface area contributed by atoms with Crippen LogP contribution in [-0.2, 0) is 9.59 Å². The molecule has 2 heterocycles. The molecular weight excluding hydrogens is 332 g/mol. The Kier molecular flexibility index (Phi) is 6.08. The van der Waals surface area contributed by atoms with Gasteiger partial charge in [-0.1, -0.05) is 6.07 Å². The van der Waals surface area contributed by atoms with Crippen LogP contribution < -0.4 is 16.0 Å². The number of hydrogen-bond acceptors (Lipinski definition) is 7. The Hall–Kier alpha value is -3.03. The Morgan fingerprint density at radius 3 is 2.62 bits per heavy atom. The van der Waals surface area contributed by atoms with Gasteiger partial charge in [-0.3, -0.25) is 9.59 Å². The number of amides is 1. The summed E-state index contributed by atoms with van der Waals surface area (Å²) in [7, 11) is 0. The fourth-order valence-electron chi connectivity index (χ4n) is 2.81. The molecule has 0 spiro atoms. The van der Waals surface area contributed by atoms with Gasteiger partial charge in [-0.2, -0.15) is 0 Å². The molecule has 26 heavy (non-hydrogen) atoms. The molecule has 0 aromatic carbocycles. The smallest absolute Gasteiger partial charge is 0.223 e. The lowest BCUT2D eigenvalue weighted by molar-refractivity contribution is -0.128. The SMILES string of the molecule is O=C1CCC(C(=O)NCCNc2cc(Nc3ccccn3)ncn2)CC1. The van der Waals surface area contributed by atoms with E-state index in [1.54, 1.807) is 12.3 Å². The van der Waals surface area contributed by atoms with Crippen LogP contribution in [0.3, 0.4) is 0 Å². The first-order valence-corrected chi connectivity index (χ1v) is 8.74. The molecule has 0 aliphatic heterocycles. The van der Waals surface area contributed by atoms with Crippen LogP contribution in [0.2, 0.25) is 0 Å². The molecule has 0 unspecified atom stereocenters. The molecule has 3 rings (SSSR count). The summed E-state index contributed by atoms with van der Waals surface area (Å²) in [6.07, 6.45) is 5.52. The van der Waals surface area contributed by atoms with E-state index in [1.807, 2.05) is 18.2 Å². The molecule has 3 N–H and O–H groups in total. The summed E-state index contributed by atoms with van der Waals surface area (Å²) in [6.45, 7) is 1.05. The van der Waals surface area contributed by atoms with E-state index in [0.29, 0.717) is 56.2 Å². The molecule has 2 aromatic heterocycles.